The first-order valence-electron chi connectivity index (χ1n) is 11.7. The summed E-state index contributed by atoms with van der Waals surface area (Å²) in [7, 11) is 0. The van der Waals surface area contributed by atoms with Crippen LogP contribution in [0.4, 0.5) is 0 Å². The van der Waals surface area contributed by atoms with Crippen LogP contribution in [-0.4, -0.2) is 49.3 Å². The smallest absolute Gasteiger partial charge is 0.124 e. The molecule has 0 unspecified atom stereocenters. The van der Waals surface area contributed by atoms with Gasteiger partial charge in [0.15, 0.2) is 0 Å². The maximum Gasteiger partial charge on any atom is 0.124 e. The molecule has 5 rings (SSSR count). The summed E-state index contributed by atoms with van der Waals surface area (Å²) < 4.78 is 11.8. The molecular weight excluding hydrogens is 360 g/mol. The number of nitrogens with zero attached hydrogens (tertiary/aromatic N) is 2. The van der Waals surface area contributed by atoms with E-state index in [1.807, 2.05) is 0 Å². The molecule has 1 aromatic carbocycles. The van der Waals surface area contributed by atoms with Crippen molar-refractivity contribution in [3.05, 3.63) is 34.5 Å². The van der Waals surface area contributed by atoms with Crippen molar-refractivity contribution in [3.8, 4) is 5.75 Å². The molecule has 1 aliphatic carbocycles. The van der Waals surface area contributed by atoms with Gasteiger partial charge in [-0.25, -0.2) is 0 Å². The third-order valence-electron chi connectivity index (χ3n) is 7.07. The highest BCUT2D eigenvalue weighted by molar-refractivity contribution is 5.86. The molecule has 2 aliphatic heterocycles. The van der Waals surface area contributed by atoms with E-state index in [9.17, 15) is 0 Å². The van der Waals surface area contributed by atoms with Crippen molar-refractivity contribution in [2.45, 2.75) is 64.2 Å². The van der Waals surface area contributed by atoms with Gasteiger partial charge in [0.1, 0.15) is 5.75 Å². The Bertz CT molecular complexity index is 867. The molecule has 1 aromatic heterocycles. The first-order valence-corrected chi connectivity index (χ1v) is 11.7. The number of ether oxygens (including phenoxy) is 2. The van der Waals surface area contributed by atoms with Gasteiger partial charge in [0.05, 0.1) is 12.1 Å². The van der Waals surface area contributed by atoms with Crippen molar-refractivity contribution in [3.63, 3.8) is 0 Å². The first-order chi connectivity index (χ1) is 14.3. The number of hydrogen-bond donors (Lipinski definition) is 0. The predicted molar refractivity (Wildman–Crippen MR) is 117 cm³/mol. The number of rotatable bonds is 6. The van der Waals surface area contributed by atoms with E-state index in [0.29, 0.717) is 5.92 Å². The molecule has 2 fully saturated rings. The Labute approximate surface area is 174 Å². The zero-order valence-corrected chi connectivity index (χ0v) is 17.8. The van der Waals surface area contributed by atoms with Crippen LogP contribution in [0, 0.1) is 6.92 Å². The van der Waals surface area contributed by atoms with E-state index in [2.05, 4.69) is 24.0 Å². The van der Waals surface area contributed by atoms with Crippen LogP contribution in [0.5, 0.6) is 5.75 Å². The highest BCUT2D eigenvalue weighted by Crippen LogP contribution is 2.39. The van der Waals surface area contributed by atoms with Gasteiger partial charge in [-0.05, 0) is 94.1 Å². The average Bonchev–Trinajstić information content (AvgIpc) is 3.44. The molecule has 0 radical (unpaired) electrons. The zero-order chi connectivity index (χ0) is 19.6. The van der Waals surface area contributed by atoms with Crippen LogP contribution in [0.15, 0.2) is 12.1 Å². The maximum absolute atomic E-state index is 6.22. The monoisotopic (exact) mass is 394 g/mol. The predicted octanol–water partition coefficient (Wildman–Crippen LogP) is 4.79. The Morgan fingerprint density at radius 1 is 1.07 bits per heavy atom. The molecule has 0 spiro atoms. The minimum atomic E-state index is 0.561. The van der Waals surface area contributed by atoms with Crippen LogP contribution in [0.3, 0.4) is 0 Å². The van der Waals surface area contributed by atoms with Gasteiger partial charge in [0.2, 0.25) is 0 Å². The van der Waals surface area contributed by atoms with Gasteiger partial charge in [-0.3, -0.25) is 4.98 Å². The Balaban J connectivity index is 1.38. The number of benzene rings is 1. The Kier molecular flexibility index (Phi) is 5.74. The first kappa shape index (κ1) is 19.3. The Morgan fingerprint density at radius 3 is 2.69 bits per heavy atom. The summed E-state index contributed by atoms with van der Waals surface area (Å²) >= 11 is 0. The van der Waals surface area contributed by atoms with Gasteiger partial charge >= 0.3 is 0 Å². The number of pyridine rings is 1. The van der Waals surface area contributed by atoms with Gasteiger partial charge in [0, 0.05) is 42.8 Å². The topological polar surface area (TPSA) is 34.6 Å². The molecule has 0 atom stereocenters. The second-order valence-electron chi connectivity index (χ2n) is 9.08. The fourth-order valence-electron chi connectivity index (χ4n) is 5.47. The van der Waals surface area contributed by atoms with Crippen LogP contribution >= 0.6 is 0 Å². The molecule has 4 nitrogen and oxygen atoms in total. The largest absolute Gasteiger partial charge is 0.493 e. The lowest BCUT2D eigenvalue weighted by molar-refractivity contribution is 0.0844. The lowest BCUT2D eigenvalue weighted by atomic mass is 9.90. The van der Waals surface area contributed by atoms with Crippen molar-refractivity contribution in [1.82, 2.24) is 9.88 Å². The minimum absolute atomic E-state index is 0.561. The van der Waals surface area contributed by atoms with Gasteiger partial charge in [-0.15, -0.1) is 0 Å². The second kappa shape index (κ2) is 8.61. The maximum atomic E-state index is 6.22. The summed E-state index contributed by atoms with van der Waals surface area (Å²) in [5, 5.41) is 1.36. The summed E-state index contributed by atoms with van der Waals surface area (Å²) in [6.45, 7) is 8.41. The van der Waals surface area contributed by atoms with Crippen molar-refractivity contribution >= 4 is 10.9 Å². The molecule has 156 valence electrons. The van der Waals surface area contributed by atoms with Crippen LogP contribution in [-0.2, 0) is 17.6 Å². The number of fused-ring (bicyclic) bond motifs is 3. The van der Waals surface area contributed by atoms with E-state index in [4.69, 9.17) is 14.5 Å². The molecular formula is C25H34N2O2. The van der Waals surface area contributed by atoms with Crippen molar-refractivity contribution in [2.75, 3.05) is 39.5 Å². The molecule has 0 N–H and O–H groups in total. The van der Waals surface area contributed by atoms with E-state index in [1.165, 1.54) is 61.8 Å². The normalized spacial score (nSPS) is 20.4. The van der Waals surface area contributed by atoms with Crippen LogP contribution in [0.2, 0.25) is 0 Å². The van der Waals surface area contributed by atoms with Gasteiger partial charge in [0.25, 0.3) is 0 Å². The summed E-state index contributed by atoms with van der Waals surface area (Å²) in [6, 6.07) is 4.54. The van der Waals surface area contributed by atoms with Gasteiger partial charge < -0.3 is 14.4 Å². The highest BCUT2D eigenvalue weighted by atomic mass is 16.5. The van der Waals surface area contributed by atoms with E-state index in [1.54, 1.807) is 11.1 Å². The van der Waals surface area contributed by atoms with Crippen LogP contribution in [0.25, 0.3) is 10.9 Å². The van der Waals surface area contributed by atoms with Crippen LogP contribution in [0.1, 0.15) is 66.8 Å². The van der Waals surface area contributed by atoms with E-state index >= 15 is 0 Å². The second-order valence-corrected chi connectivity index (χ2v) is 9.08. The number of hydrogen-bond acceptors (Lipinski definition) is 4. The molecule has 0 bridgehead atoms. The van der Waals surface area contributed by atoms with Crippen molar-refractivity contribution in [2.24, 2.45) is 0 Å². The van der Waals surface area contributed by atoms with Gasteiger partial charge in [-0.2, -0.15) is 0 Å². The highest BCUT2D eigenvalue weighted by Gasteiger charge is 2.26. The third kappa shape index (κ3) is 4.02. The molecule has 0 saturated carbocycles. The number of likely N-dealkylation sites (tertiary alicyclic amines) is 1. The molecule has 3 heterocycles. The standard InChI is InChI=1S/C25H34N2O2/c1-18-16-22-20-6-4-7-21(20)25(19-8-14-28-15-9-19)26-23(22)17-24(18)29-13-5-12-27-10-2-3-11-27/h16-17,19H,2-15H2,1H3. The minimum Gasteiger partial charge on any atom is -0.493 e. The van der Waals surface area contributed by atoms with Crippen molar-refractivity contribution in [1.29, 1.82) is 0 Å². The Morgan fingerprint density at radius 2 is 1.86 bits per heavy atom. The molecule has 0 amide bonds. The summed E-state index contributed by atoms with van der Waals surface area (Å²) in [6.07, 6.45) is 9.68. The van der Waals surface area contributed by atoms with E-state index < -0.39 is 0 Å². The molecule has 29 heavy (non-hydrogen) atoms. The Hall–Kier alpha value is -1.65. The average molecular weight is 395 g/mol. The quantitative estimate of drug-likeness (QED) is 0.660. The summed E-state index contributed by atoms with van der Waals surface area (Å²) in [5.74, 6) is 1.58. The zero-order valence-electron chi connectivity index (χ0n) is 17.8. The molecule has 3 aliphatic rings. The molecule has 2 aromatic rings. The SMILES string of the molecule is Cc1cc2c3c(c(C4CCOCC4)nc2cc1OCCCN1CCCC1)CCC3. The van der Waals surface area contributed by atoms with Gasteiger partial charge in [-0.1, -0.05) is 0 Å². The van der Waals surface area contributed by atoms with E-state index in [0.717, 1.165) is 56.9 Å². The number of aromatic nitrogens is 1. The lowest BCUT2D eigenvalue weighted by Gasteiger charge is -2.24. The fourth-order valence-corrected chi connectivity index (χ4v) is 5.47. The van der Waals surface area contributed by atoms with E-state index in [-0.39, 0.29) is 0 Å². The molecule has 2 saturated heterocycles. The molecule has 4 heteroatoms. The summed E-state index contributed by atoms with van der Waals surface area (Å²) in [5.41, 5.74) is 6.83. The fraction of sp³-hybridized carbons (Fsp3) is 0.640. The summed E-state index contributed by atoms with van der Waals surface area (Å²) in [4.78, 5) is 7.78. The van der Waals surface area contributed by atoms with Crippen molar-refractivity contribution < 1.29 is 9.47 Å². The third-order valence-corrected chi connectivity index (χ3v) is 7.07. The van der Waals surface area contributed by atoms with Crippen LogP contribution < -0.4 is 4.74 Å². The lowest BCUT2D eigenvalue weighted by Crippen LogP contribution is -2.22. The number of aryl methyl sites for hydroxylation is 2.